The summed E-state index contributed by atoms with van der Waals surface area (Å²) in [6.45, 7) is 1.51. The second-order valence-corrected chi connectivity index (χ2v) is 2.75. The minimum Gasteiger partial charge on any atom is -0.394 e. The Morgan fingerprint density at radius 3 is 2.86 bits per heavy atom. The van der Waals surface area contributed by atoms with Gasteiger partial charge in [0.2, 0.25) is 0 Å². The van der Waals surface area contributed by atoms with Crippen LogP contribution in [-0.2, 0) is 16.1 Å². The Morgan fingerprint density at radius 1 is 1.50 bits per heavy atom. The van der Waals surface area contributed by atoms with Crippen molar-refractivity contribution in [1.29, 1.82) is 0 Å². The van der Waals surface area contributed by atoms with Crippen LogP contribution < -0.4 is 11.1 Å². The first-order chi connectivity index (χ1) is 6.79. The molecule has 0 saturated carbocycles. The van der Waals surface area contributed by atoms with Crippen LogP contribution in [0.3, 0.4) is 0 Å². The number of aromatic amines is 1. The van der Waals surface area contributed by atoms with Crippen LogP contribution in [0, 0.1) is 0 Å². The van der Waals surface area contributed by atoms with Crippen molar-refractivity contribution >= 4 is 11.5 Å². The van der Waals surface area contributed by atoms with E-state index in [-0.39, 0.29) is 0 Å². The monoisotopic (exact) mass is 200 g/mol. The lowest BCUT2D eigenvalue weighted by Crippen LogP contribution is -2.03. The predicted molar refractivity (Wildman–Crippen MR) is 54.1 cm³/mol. The Kier molecular flexibility index (Phi) is 4.21. The third kappa shape index (κ3) is 2.61. The number of H-pyrrole nitrogens is 1. The summed E-state index contributed by atoms with van der Waals surface area (Å²) < 4.78 is 10.1. The lowest BCUT2D eigenvalue weighted by atomic mass is 10.4. The van der Waals surface area contributed by atoms with E-state index in [2.05, 4.69) is 15.5 Å². The molecule has 0 fully saturated rings. The van der Waals surface area contributed by atoms with Gasteiger partial charge in [0.05, 0.1) is 19.8 Å². The second-order valence-electron chi connectivity index (χ2n) is 2.75. The lowest BCUT2D eigenvalue weighted by molar-refractivity contribution is 0.0604. The molecular formula is C8H16N4O2. The molecule has 0 radical (unpaired) electrons. The zero-order valence-corrected chi connectivity index (χ0v) is 8.46. The number of nitrogens with one attached hydrogen (secondary N) is 2. The first-order valence-corrected chi connectivity index (χ1v) is 4.36. The smallest absolute Gasteiger partial charge is 0.145 e. The van der Waals surface area contributed by atoms with Crippen LogP contribution in [0.15, 0.2) is 0 Å². The number of nitrogens with zero attached hydrogens (tertiary/aromatic N) is 1. The number of nitrogens with two attached hydrogens (primary N) is 1. The maximum atomic E-state index is 5.76. The minimum atomic E-state index is 0.396. The van der Waals surface area contributed by atoms with Crippen molar-refractivity contribution in [2.45, 2.75) is 6.61 Å². The number of hydrogen-bond donors (Lipinski definition) is 3. The van der Waals surface area contributed by atoms with Gasteiger partial charge in [-0.25, -0.2) is 0 Å². The highest BCUT2D eigenvalue weighted by Crippen LogP contribution is 2.18. The van der Waals surface area contributed by atoms with Crippen LogP contribution in [0.4, 0.5) is 11.5 Å². The summed E-state index contributed by atoms with van der Waals surface area (Å²) >= 11 is 0. The average Bonchev–Trinajstić information content (AvgIpc) is 2.55. The molecule has 4 N–H and O–H groups in total. The van der Waals surface area contributed by atoms with Gasteiger partial charge >= 0.3 is 0 Å². The maximum Gasteiger partial charge on any atom is 0.145 e. The van der Waals surface area contributed by atoms with E-state index in [0.29, 0.717) is 31.2 Å². The first-order valence-electron chi connectivity index (χ1n) is 4.36. The summed E-state index contributed by atoms with van der Waals surface area (Å²) in [4.78, 5) is 0. The van der Waals surface area contributed by atoms with Gasteiger partial charge in [-0.3, -0.25) is 5.10 Å². The zero-order valence-electron chi connectivity index (χ0n) is 8.46. The standard InChI is InChI=1S/C8H16N4O2/c1-10-8-7(9)6(11-12-8)5-14-4-3-13-2/h3-5,9H2,1-2H3,(H2,10,11,12). The number of ether oxygens (including phenoxy) is 2. The van der Waals surface area contributed by atoms with Crippen LogP contribution >= 0.6 is 0 Å². The summed E-state index contributed by atoms with van der Waals surface area (Å²) in [6, 6.07) is 0. The molecule has 0 aliphatic heterocycles. The van der Waals surface area contributed by atoms with Crippen LogP contribution in [-0.4, -0.2) is 37.6 Å². The van der Waals surface area contributed by atoms with Crippen molar-refractivity contribution in [2.24, 2.45) is 0 Å². The Hall–Kier alpha value is -1.27. The van der Waals surface area contributed by atoms with E-state index in [1.807, 2.05) is 0 Å². The topological polar surface area (TPSA) is 85.2 Å². The summed E-state index contributed by atoms with van der Waals surface area (Å²) in [5.74, 6) is 0.718. The molecule has 1 rings (SSSR count). The van der Waals surface area contributed by atoms with Gasteiger partial charge in [-0.15, -0.1) is 0 Å². The fourth-order valence-corrected chi connectivity index (χ4v) is 1.000. The normalized spacial score (nSPS) is 10.4. The first kappa shape index (κ1) is 10.8. The molecule has 0 saturated heterocycles. The van der Waals surface area contributed by atoms with E-state index >= 15 is 0 Å². The van der Waals surface area contributed by atoms with Gasteiger partial charge in [0.15, 0.2) is 0 Å². The summed E-state index contributed by atoms with van der Waals surface area (Å²) in [6.07, 6.45) is 0. The molecule has 0 aliphatic rings. The van der Waals surface area contributed by atoms with Gasteiger partial charge in [-0.2, -0.15) is 5.10 Å². The highest BCUT2D eigenvalue weighted by molar-refractivity contribution is 5.63. The fraction of sp³-hybridized carbons (Fsp3) is 0.625. The molecule has 0 aromatic carbocycles. The van der Waals surface area contributed by atoms with Crippen molar-refractivity contribution in [3.05, 3.63) is 5.69 Å². The number of methoxy groups -OCH3 is 1. The van der Waals surface area contributed by atoms with Gasteiger partial charge in [-0.1, -0.05) is 0 Å². The van der Waals surface area contributed by atoms with Gasteiger partial charge in [-0.05, 0) is 0 Å². The van der Waals surface area contributed by atoms with E-state index in [1.54, 1.807) is 14.2 Å². The minimum absolute atomic E-state index is 0.396. The summed E-state index contributed by atoms with van der Waals surface area (Å²) in [5.41, 5.74) is 7.08. The van der Waals surface area contributed by atoms with E-state index < -0.39 is 0 Å². The van der Waals surface area contributed by atoms with E-state index in [4.69, 9.17) is 15.2 Å². The molecular weight excluding hydrogens is 184 g/mol. The Bertz CT molecular complexity index is 274. The molecule has 0 amide bonds. The third-order valence-electron chi connectivity index (χ3n) is 1.80. The van der Waals surface area contributed by atoms with Crippen LogP contribution in [0.1, 0.15) is 5.69 Å². The Morgan fingerprint density at radius 2 is 2.29 bits per heavy atom. The molecule has 0 atom stereocenters. The van der Waals surface area contributed by atoms with Gasteiger partial charge < -0.3 is 20.5 Å². The summed E-state index contributed by atoms with van der Waals surface area (Å²) in [7, 11) is 3.41. The molecule has 0 bridgehead atoms. The van der Waals surface area contributed by atoms with Crippen molar-refractivity contribution < 1.29 is 9.47 Å². The maximum absolute atomic E-state index is 5.76. The molecule has 1 heterocycles. The lowest BCUT2D eigenvalue weighted by Gasteiger charge is -2.01. The largest absolute Gasteiger partial charge is 0.394 e. The molecule has 1 aromatic heterocycles. The van der Waals surface area contributed by atoms with E-state index in [1.165, 1.54) is 0 Å². The summed E-state index contributed by atoms with van der Waals surface area (Å²) in [5, 5.41) is 9.67. The molecule has 0 aliphatic carbocycles. The van der Waals surface area contributed by atoms with Crippen LogP contribution in [0.5, 0.6) is 0 Å². The van der Waals surface area contributed by atoms with Gasteiger partial charge in [0.1, 0.15) is 17.2 Å². The molecule has 6 heteroatoms. The molecule has 0 spiro atoms. The number of aromatic nitrogens is 2. The van der Waals surface area contributed by atoms with E-state index in [0.717, 1.165) is 5.82 Å². The average molecular weight is 200 g/mol. The van der Waals surface area contributed by atoms with Crippen molar-refractivity contribution in [3.8, 4) is 0 Å². The number of anilines is 2. The van der Waals surface area contributed by atoms with E-state index in [9.17, 15) is 0 Å². The van der Waals surface area contributed by atoms with Crippen LogP contribution in [0.25, 0.3) is 0 Å². The van der Waals surface area contributed by atoms with Gasteiger partial charge in [0, 0.05) is 14.2 Å². The molecule has 80 valence electrons. The number of hydrogen-bond acceptors (Lipinski definition) is 5. The Labute approximate surface area is 82.8 Å². The van der Waals surface area contributed by atoms with Crippen molar-refractivity contribution in [2.75, 3.05) is 38.4 Å². The highest BCUT2D eigenvalue weighted by atomic mass is 16.5. The van der Waals surface area contributed by atoms with Crippen LogP contribution in [0.2, 0.25) is 0 Å². The molecule has 1 aromatic rings. The van der Waals surface area contributed by atoms with Crippen molar-refractivity contribution in [1.82, 2.24) is 10.2 Å². The third-order valence-corrected chi connectivity index (χ3v) is 1.80. The molecule has 0 unspecified atom stereocenters. The zero-order chi connectivity index (χ0) is 10.4. The fourth-order valence-electron chi connectivity index (χ4n) is 1.000. The van der Waals surface area contributed by atoms with Gasteiger partial charge in [0.25, 0.3) is 0 Å². The SMILES string of the molecule is CNc1[nH]nc(COCCOC)c1N. The predicted octanol–water partition coefficient (Wildman–Crippen LogP) is 0.197. The quantitative estimate of drug-likeness (QED) is 0.571. The van der Waals surface area contributed by atoms with Crippen molar-refractivity contribution in [3.63, 3.8) is 0 Å². The molecule has 6 nitrogen and oxygen atoms in total. The highest BCUT2D eigenvalue weighted by Gasteiger charge is 2.07. The Balaban J connectivity index is 2.39. The number of nitrogen functional groups attached to an aromatic ring is 1. The second kappa shape index (κ2) is 5.46. The number of rotatable bonds is 6. The molecule has 14 heavy (non-hydrogen) atoms.